The lowest BCUT2D eigenvalue weighted by atomic mass is 10.0. The second kappa shape index (κ2) is 11.1. The highest BCUT2D eigenvalue weighted by Crippen LogP contribution is 2.38. The molecular formula is C28H27ClFN3O3S. The van der Waals surface area contributed by atoms with Crippen LogP contribution in [0.4, 0.5) is 9.18 Å². The summed E-state index contributed by atoms with van der Waals surface area (Å²) in [5.41, 5.74) is 4.41. The Labute approximate surface area is 224 Å². The molecule has 1 amide bonds. The number of benzene rings is 2. The van der Waals surface area contributed by atoms with Gasteiger partial charge in [0, 0.05) is 29.8 Å². The van der Waals surface area contributed by atoms with Crippen molar-refractivity contribution in [3.8, 4) is 11.3 Å². The number of morpholine rings is 1. The molecule has 37 heavy (non-hydrogen) atoms. The van der Waals surface area contributed by atoms with Gasteiger partial charge in [-0.1, -0.05) is 41.9 Å². The smallest absolute Gasteiger partial charge is 0.409 e. The highest BCUT2D eigenvalue weighted by Gasteiger charge is 2.28. The summed E-state index contributed by atoms with van der Waals surface area (Å²) < 4.78 is 28.5. The molecule has 3 heterocycles. The molecule has 0 radical (unpaired) electrons. The quantitative estimate of drug-likeness (QED) is 0.265. The summed E-state index contributed by atoms with van der Waals surface area (Å²) in [6, 6.07) is 17.3. The number of imidazole rings is 1. The molecule has 0 aliphatic carbocycles. The van der Waals surface area contributed by atoms with E-state index in [4.69, 9.17) is 26.1 Å². The first-order valence-electron chi connectivity index (χ1n) is 12.0. The molecule has 0 N–H and O–H groups in total. The van der Waals surface area contributed by atoms with Gasteiger partial charge in [-0.05, 0) is 42.3 Å². The van der Waals surface area contributed by atoms with Crippen LogP contribution in [0.25, 0.3) is 16.9 Å². The fourth-order valence-corrected chi connectivity index (χ4v) is 5.82. The molecule has 192 valence electrons. The van der Waals surface area contributed by atoms with Crippen LogP contribution in [-0.4, -0.2) is 53.3 Å². The Morgan fingerprint density at radius 1 is 1.24 bits per heavy atom. The molecule has 1 fully saturated rings. The first kappa shape index (κ1) is 25.6. The summed E-state index contributed by atoms with van der Waals surface area (Å²) >= 11 is 8.24. The van der Waals surface area contributed by atoms with Gasteiger partial charge < -0.3 is 18.8 Å². The van der Waals surface area contributed by atoms with E-state index in [9.17, 15) is 4.79 Å². The third-order valence-corrected chi connectivity index (χ3v) is 7.72. The van der Waals surface area contributed by atoms with Gasteiger partial charge in [-0.25, -0.2) is 14.2 Å². The first-order valence-corrected chi connectivity index (χ1v) is 13.4. The minimum atomic E-state index is -0.426. The zero-order valence-corrected chi connectivity index (χ0v) is 22.2. The summed E-state index contributed by atoms with van der Waals surface area (Å²) in [5, 5.41) is 0.303. The van der Waals surface area contributed by atoms with Crippen LogP contribution in [0.1, 0.15) is 16.8 Å². The standard InChI is InChI=1S/C28H27ClFN3O3S/c1-18-8-9-33-24(13-20-16-32(10-11-36-20)28(34)35-2)27(31-25(33)12-18)26-22(29)14-21(15-23(26)30)37-17-19-6-4-3-5-7-19/h3-9,12,14-15,20H,10-11,13,16-17H2,1-2H3/t20-/m0/s1. The number of hydrogen-bond acceptors (Lipinski definition) is 5. The normalized spacial score (nSPS) is 15.8. The van der Waals surface area contributed by atoms with Crippen molar-refractivity contribution in [3.63, 3.8) is 0 Å². The second-order valence-electron chi connectivity index (χ2n) is 8.99. The highest BCUT2D eigenvalue weighted by molar-refractivity contribution is 7.98. The Morgan fingerprint density at radius 2 is 2.05 bits per heavy atom. The van der Waals surface area contributed by atoms with Crippen molar-refractivity contribution in [2.45, 2.75) is 30.1 Å². The van der Waals surface area contributed by atoms with Gasteiger partial charge in [-0.15, -0.1) is 11.8 Å². The van der Waals surface area contributed by atoms with E-state index in [0.29, 0.717) is 48.2 Å². The lowest BCUT2D eigenvalue weighted by Gasteiger charge is -2.32. The van der Waals surface area contributed by atoms with Crippen molar-refractivity contribution in [2.75, 3.05) is 26.8 Å². The fraction of sp³-hybridized carbons (Fsp3) is 0.286. The van der Waals surface area contributed by atoms with Crippen LogP contribution in [0.15, 0.2) is 65.7 Å². The van der Waals surface area contributed by atoms with Gasteiger partial charge in [0.1, 0.15) is 11.5 Å². The maximum Gasteiger partial charge on any atom is 0.409 e. The first-order chi connectivity index (χ1) is 17.9. The number of carbonyl (C=O) groups excluding carboxylic acids is 1. The van der Waals surface area contributed by atoms with Crippen molar-refractivity contribution in [2.24, 2.45) is 0 Å². The molecule has 2 aromatic heterocycles. The van der Waals surface area contributed by atoms with E-state index in [1.165, 1.54) is 24.9 Å². The number of pyridine rings is 1. The van der Waals surface area contributed by atoms with E-state index >= 15 is 4.39 Å². The van der Waals surface area contributed by atoms with E-state index in [1.54, 1.807) is 11.0 Å². The molecule has 0 bridgehead atoms. The van der Waals surface area contributed by atoms with Crippen molar-refractivity contribution >= 4 is 35.1 Å². The summed E-state index contributed by atoms with van der Waals surface area (Å²) in [5.74, 6) is 0.287. The number of aromatic nitrogens is 2. The Balaban J connectivity index is 1.49. The largest absolute Gasteiger partial charge is 0.453 e. The average molecular weight is 540 g/mol. The topological polar surface area (TPSA) is 56.1 Å². The van der Waals surface area contributed by atoms with Gasteiger partial charge in [0.2, 0.25) is 0 Å². The zero-order chi connectivity index (χ0) is 25.9. The number of fused-ring (bicyclic) bond motifs is 1. The maximum absolute atomic E-state index is 15.7. The van der Waals surface area contributed by atoms with Crippen LogP contribution in [-0.2, 0) is 21.6 Å². The van der Waals surface area contributed by atoms with Crippen LogP contribution < -0.4 is 0 Å². The van der Waals surface area contributed by atoms with Crippen LogP contribution in [0.5, 0.6) is 0 Å². The van der Waals surface area contributed by atoms with Gasteiger partial charge in [0.05, 0.1) is 48.3 Å². The molecule has 5 rings (SSSR count). The molecule has 1 aliphatic heterocycles. The van der Waals surface area contributed by atoms with Gasteiger partial charge >= 0.3 is 6.09 Å². The Hall–Kier alpha value is -3.07. The third-order valence-electron chi connectivity index (χ3n) is 6.37. The number of aryl methyl sites for hydroxylation is 1. The number of halogens is 2. The maximum atomic E-state index is 15.7. The highest BCUT2D eigenvalue weighted by atomic mass is 35.5. The SMILES string of the molecule is COC(=O)N1CCO[C@@H](Cc2c(-c3c(F)cc(SCc4ccccc4)cc3Cl)nc3cc(C)ccn23)C1. The van der Waals surface area contributed by atoms with Crippen LogP contribution in [0.3, 0.4) is 0 Å². The summed E-state index contributed by atoms with van der Waals surface area (Å²) in [7, 11) is 1.37. The number of thioether (sulfide) groups is 1. The molecule has 6 nitrogen and oxygen atoms in total. The lowest BCUT2D eigenvalue weighted by Crippen LogP contribution is -2.46. The molecule has 0 saturated carbocycles. The van der Waals surface area contributed by atoms with E-state index in [0.717, 1.165) is 21.7 Å². The van der Waals surface area contributed by atoms with Gasteiger partial charge in [-0.2, -0.15) is 0 Å². The molecule has 1 aliphatic rings. The number of rotatable bonds is 6. The molecule has 4 aromatic rings. The number of hydrogen-bond donors (Lipinski definition) is 0. The molecule has 9 heteroatoms. The molecule has 2 aromatic carbocycles. The van der Waals surface area contributed by atoms with Gasteiger partial charge in [0.25, 0.3) is 0 Å². The number of nitrogens with zero attached hydrogens (tertiary/aromatic N) is 3. The Kier molecular flexibility index (Phi) is 7.69. The van der Waals surface area contributed by atoms with Gasteiger partial charge in [0.15, 0.2) is 0 Å². The van der Waals surface area contributed by atoms with Crippen molar-refractivity contribution < 1.29 is 18.7 Å². The van der Waals surface area contributed by atoms with E-state index in [-0.39, 0.29) is 17.8 Å². The van der Waals surface area contributed by atoms with Crippen molar-refractivity contribution in [3.05, 3.63) is 88.5 Å². The van der Waals surface area contributed by atoms with Crippen LogP contribution >= 0.6 is 23.4 Å². The van der Waals surface area contributed by atoms with Gasteiger partial charge in [-0.3, -0.25) is 0 Å². The number of amides is 1. The van der Waals surface area contributed by atoms with E-state index < -0.39 is 5.82 Å². The summed E-state index contributed by atoms with van der Waals surface area (Å²) in [4.78, 5) is 19.2. The average Bonchev–Trinajstić information content (AvgIpc) is 3.23. The number of carbonyl (C=O) groups is 1. The molecule has 1 saturated heterocycles. The zero-order valence-electron chi connectivity index (χ0n) is 20.6. The fourth-order valence-electron chi connectivity index (χ4n) is 4.55. The van der Waals surface area contributed by atoms with Crippen LogP contribution in [0, 0.1) is 12.7 Å². The molecule has 0 spiro atoms. The van der Waals surface area contributed by atoms with Crippen molar-refractivity contribution in [1.29, 1.82) is 0 Å². The molecule has 0 unspecified atom stereocenters. The monoisotopic (exact) mass is 539 g/mol. The number of methoxy groups -OCH3 is 1. The third kappa shape index (κ3) is 5.61. The minimum Gasteiger partial charge on any atom is -0.453 e. The predicted molar refractivity (Wildman–Crippen MR) is 144 cm³/mol. The van der Waals surface area contributed by atoms with Crippen molar-refractivity contribution in [1.82, 2.24) is 14.3 Å². The second-order valence-corrected chi connectivity index (χ2v) is 10.4. The minimum absolute atomic E-state index is 0.266. The Morgan fingerprint density at radius 3 is 2.81 bits per heavy atom. The molecular weight excluding hydrogens is 513 g/mol. The summed E-state index contributed by atoms with van der Waals surface area (Å²) in [6.45, 7) is 3.22. The number of ether oxygens (including phenoxy) is 2. The Bertz CT molecular complexity index is 1410. The van der Waals surface area contributed by atoms with E-state index in [2.05, 4.69) is 0 Å². The van der Waals surface area contributed by atoms with Crippen LogP contribution in [0.2, 0.25) is 5.02 Å². The lowest BCUT2D eigenvalue weighted by molar-refractivity contribution is -0.0241. The summed E-state index contributed by atoms with van der Waals surface area (Å²) in [6.07, 6.45) is 1.66. The van der Waals surface area contributed by atoms with E-state index in [1.807, 2.05) is 60.0 Å². The predicted octanol–water partition coefficient (Wildman–Crippen LogP) is 6.40. The molecule has 1 atom stereocenters.